The molecule has 0 N–H and O–H groups in total. The molecule has 0 aliphatic carbocycles. The summed E-state index contributed by atoms with van der Waals surface area (Å²) in [6.45, 7) is 0.515. The maximum absolute atomic E-state index is 11.8. The number of Topliss-reactive ketones (excluding diaryl/α,β-unsaturated/α-hetero) is 1. The van der Waals surface area contributed by atoms with Crippen molar-refractivity contribution < 1.29 is 4.79 Å². The van der Waals surface area contributed by atoms with Gasteiger partial charge in [0.05, 0.1) is 12.1 Å². The third-order valence-electron chi connectivity index (χ3n) is 3.60. The maximum atomic E-state index is 11.8. The van der Waals surface area contributed by atoms with E-state index in [0.717, 1.165) is 5.56 Å². The lowest BCUT2D eigenvalue weighted by molar-refractivity contribution is -0.119. The number of aromatic nitrogens is 1. The van der Waals surface area contributed by atoms with E-state index in [9.17, 15) is 4.79 Å². The molecule has 3 aromatic rings. The van der Waals surface area contributed by atoms with Crippen LogP contribution in [-0.2, 0) is 17.8 Å². The van der Waals surface area contributed by atoms with Gasteiger partial charge in [-0.1, -0.05) is 36.4 Å². The number of benzene rings is 2. The van der Waals surface area contributed by atoms with Crippen molar-refractivity contribution >= 4 is 27.6 Å². The molecule has 2 aromatic carbocycles. The minimum Gasteiger partial charge on any atom is -0.333 e. The van der Waals surface area contributed by atoms with E-state index in [0.29, 0.717) is 18.7 Å². The second kappa shape index (κ2) is 2.98. The third-order valence-corrected chi connectivity index (χ3v) is 3.60. The van der Waals surface area contributed by atoms with Crippen LogP contribution in [0.1, 0.15) is 5.56 Å². The molecule has 82 valence electrons. The molecule has 0 saturated carbocycles. The van der Waals surface area contributed by atoms with E-state index in [1.807, 2.05) is 12.1 Å². The molecule has 17 heavy (non-hydrogen) atoms. The summed E-state index contributed by atoms with van der Waals surface area (Å²) in [7, 11) is 0. The molecule has 0 atom stereocenters. The fraction of sp³-hybridized carbons (Fsp3) is 0.133. The van der Waals surface area contributed by atoms with E-state index in [2.05, 4.69) is 34.9 Å². The van der Waals surface area contributed by atoms with E-state index < -0.39 is 0 Å². The summed E-state index contributed by atoms with van der Waals surface area (Å²) in [5.74, 6) is 0.298. The fourth-order valence-corrected chi connectivity index (χ4v) is 2.94. The van der Waals surface area contributed by atoms with Gasteiger partial charge < -0.3 is 4.57 Å². The molecule has 1 aliphatic heterocycles. The van der Waals surface area contributed by atoms with Crippen molar-refractivity contribution in [2.45, 2.75) is 13.0 Å². The molecule has 0 fully saturated rings. The molecule has 4 rings (SSSR count). The number of carbonyl (C=O) groups excluding carboxylic acids is 1. The van der Waals surface area contributed by atoms with E-state index >= 15 is 0 Å². The van der Waals surface area contributed by atoms with Crippen molar-refractivity contribution in [2.24, 2.45) is 0 Å². The Bertz CT molecular complexity index is 767. The summed E-state index contributed by atoms with van der Waals surface area (Å²) in [6, 6.07) is 14.6. The molecular weight excluding hydrogens is 210 g/mol. The maximum Gasteiger partial charge on any atom is 0.156 e. The van der Waals surface area contributed by atoms with Crippen LogP contribution in [0.3, 0.4) is 0 Å². The van der Waals surface area contributed by atoms with Crippen molar-refractivity contribution in [1.29, 1.82) is 0 Å². The van der Waals surface area contributed by atoms with Crippen molar-refractivity contribution in [3.63, 3.8) is 0 Å². The van der Waals surface area contributed by atoms with Gasteiger partial charge in [-0.15, -0.1) is 0 Å². The first-order chi connectivity index (χ1) is 8.34. The van der Waals surface area contributed by atoms with Crippen LogP contribution in [0, 0.1) is 0 Å². The normalized spacial score (nSPS) is 14.7. The number of para-hydroxylation sites is 2. The smallest absolute Gasteiger partial charge is 0.156 e. The van der Waals surface area contributed by atoms with E-state index in [4.69, 9.17) is 0 Å². The Labute approximate surface area is 98.5 Å². The molecular formula is C15H11NO. The minimum absolute atomic E-state index is 0.298. The summed E-state index contributed by atoms with van der Waals surface area (Å²) >= 11 is 0. The first kappa shape index (κ1) is 8.99. The standard InChI is InChI=1S/C15H11NO/c17-11-8-10-4-3-6-13-12-5-1-2-7-14(12)16(9-11)15(10)13/h1-7H,8-9H2. The molecule has 2 heterocycles. The zero-order valence-electron chi connectivity index (χ0n) is 9.31. The van der Waals surface area contributed by atoms with Crippen molar-refractivity contribution in [3.8, 4) is 0 Å². The molecule has 0 bridgehead atoms. The lowest BCUT2D eigenvalue weighted by atomic mass is 10.0. The van der Waals surface area contributed by atoms with Crippen LogP contribution in [0.2, 0.25) is 0 Å². The van der Waals surface area contributed by atoms with Gasteiger partial charge in [0.2, 0.25) is 0 Å². The molecule has 0 spiro atoms. The predicted octanol–water partition coefficient (Wildman–Crippen LogP) is 2.92. The van der Waals surface area contributed by atoms with Gasteiger partial charge >= 0.3 is 0 Å². The van der Waals surface area contributed by atoms with Crippen molar-refractivity contribution in [2.75, 3.05) is 0 Å². The number of fused-ring (bicyclic) bond motifs is 3. The van der Waals surface area contributed by atoms with E-state index in [-0.39, 0.29) is 0 Å². The number of ketones is 1. The molecule has 0 saturated heterocycles. The fourth-order valence-electron chi connectivity index (χ4n) is 2.94. The molecule has 1 aliphatic rings. The molecule has 0 unspecified atom stereocenters. The van der Waals surface area contributed by atoms with E-state index in [1.54, 1.807) is 0 Å². The van der Waals surface area contributed by atoms with Crippen molar-refractivity contribution in [1.82, 2.24) is 4.57 Å². The quantitative estimate of drug-likeness (QED) is 0.572. The van der Waals surface area contributed by atoms with Crippen LogP contribution in [0.5, 0.6) is 0 Å². The summed E-state index contributed by atoms with van der Waals surface area (Å²) < 4.78 is 2.16. The topological polar surface area (TPSA) is 22.0 Å². The largest absolute Gasteiger partial charge is 0.333 e. The number of carbonyl (C=O) groups is 1. The number of rotatable bonds is 0. The molecule has 2 nitrogen and oxygen atoms in total. The Morgan fingerprint density at radius 1 is 0.941 bits per heavy atom. The minimum atomic E-state index is 0.298. The third kappa shape index (κ3) is 1.07. The Kier molecular flexibility index (Phi) is 1.57. The highest BCUT2D eigenvalue weighted by Crippen LogP contribution is 2.33. The lowest BCUT2D eigenvalue weighted by Crippen LogP contribution is -2.18. The van der Waals surface area contributed by atoms with Gasteiger partial charge in [0.15, 0.2) is 5.78 Å². The average Bonchev–Trinajstić information content (AvgIpc) is 2.67. The van der Waals surface area contributed by atoms with Crippen LogP contribution >= 0.6 is 0 Å². The van der Waals surface area contributed by atoms with Crippen LogP contribution in [0.25, 0.3) is 21.8 Å². The van der Waals surface area contributed by atoms with Gasteiger partial charge in [-0.25, -0.2) is 0 Å². The van der Waals surface area contributed by atoms with Crippen LogP contribution in [-0.4, -0.2) is 10.4 Å². The van der Waals surface area contributed by atoms with Crippen LogP contribution in [0.4, 0.5) is 0 Å². The van der Waals surface area contributed by atoms with Crippen LogP contribution < -0.4 is 0 Å². The summed E-state index contributed by atoms with van der Waals surface area (Å²) in [5.41, 5.74) is 3.58. The highest BCUT2D eigenvalue weighted by atomic mass is 16.1. The second-order valence-electron chi connectivity index (χ2n) is 4.63. The molecule has 0 radical (unpaired) electrons. The van der Waals surface area contributed by atoms with Gasteiger partial charge in [-0.2, -0.15) is 0 Å². The number of hydrogen-bond donors (Lipinski definition) is 0. The summed E-state index contributed by atoms with van der Waals surface area (Å²) in [6.07, 6.45) is 0.577. The SMILES string of the molecule is O=C1Cc2cccc3c4ccccc4n(c23)C1. The Balaban J connectivity index is 2.32. The Hall–Kier alpha value is -2.09. The first-order valence-corrected chi connectivity index (χ1v) is 5.85. The summed E-state index contributed by atoms with van der Waals surface area (Å²) in [5, 5.41) is 2.52. The van der Waals surface area contributed by atoms with Gasteiger partial charge in [-0.3, -0.25) is 4.79 Å². The van der Waals surface area contributed by atoms with E-state index in [1.165, 1.54) is 21.8 Å². The number of hydrogen-bond acceptors (Lipinski definition) is 1. The highest BCUT2D eigenvalue weighted by molar-refractivity contribution is 6.11. The van der Waals surface area contributed by atoms with Gasteiger partial charge in [0, 0.05) is 22.7 Å². The molecule has 0 amide bonds. The average molecular weight is 221 g/mol. The van der Waals surface area contributed by atoms with Crippen molar-refractivity contribution in [3.05, 3.63) is 48.0 Å². The zero-order valence-corrected chi connectivity index (χ0v) is 9.31. The van der Waals surface area contributed by atoms with Crippen LogP contribution in [0.15, 0.2) is 42.5 Å². The Morgan fingerprint density at radius 3 is 2.71 bits per heavy atom. The predicted molar refractivity (Wildman–Crippen MR) is 68.2 cm³/mol. The molecule has 2 heteroatoms. The highest BCUT2D eigenvalue weighted by Gasteiger charge is 2.20. The molecule has 1 aromatic heterocycles. The monoisotopic (exact) mass is 221 g/mol. The summed E-state index contributed by atoms with van der Waals surface area (Å²) in [4.78, 5) is 11.8. The van der Waals surface area contributed by atoms with Gasteiger partial charge in [0.1, 0.15) is 0 Å². The number of nitrogens with zero attached hydrogens (tertiary/aromatic N) is 1. The van der Waals surface area contributed by atoms with Gasteiger partial charge in [0.25, 0.3) is 0 Å². The lowest BCUT2D eigenvalue weighted by Gasteiger charge is -2.15. The Morgan fingerprint density at radius 2 is 1.76 bits per heavy atom. The first-order valence-electron chi connectivity index (χ1n) is 5.85. The second-order valence-corrected chi connectivity index (χ2v) is 4.63. The van der Waals surface area contributed by atoms with Gasteiger partial charge in [-0.05, 0) is 11.6 Å². The zero-order chi connectivity index (χ0) is 11.4.